The molecule has 3 aromatic carbocycles. The summed E-state index contributed by atoms with van der Waals surface area (Å²) >= 11 is 0. The number of methoxy groups -OCH3 is 1. The molecule has 0 saturated heterocycles. The van der Waals surface area contributed by atoms with Crippen LogP contribution in [0.2, 0.25) is 0 Å². The average molecular weight is 425 g/mol. The van der Waals surface area contributed by atoms with E-state index in [1.165, 1.54) is 4.90 Å². The van der Waals surface area contributed by atoms with Crippen LogP contribution in [0.15, 0.2) is 84.9 Å². The Hall–Kier alpha value is -4.19. The molecule has 32 heavy (non-hydrogen) atoms. The number of hydrogen-bond donors (Lipinski definition) is 1. The smallest absolute Gasteiger partial charge is 0.254 e. The molecular formula is C26H23N3O3. The van der Waals surface area contributed by atoms with E-state index >= 15 is 0 Å². The molecule has 0 unspecified atom stereocenters. The van der Waals surface area contributed by atoms with Gasteiger partial charge in [-0.25, -0.2) is 4.98 Å². The fourth-order valence-electron chi connectivity index (χ4n) is 3.48. The van der Waals surface area contributed by atoms with E-state index in [0.717, 1.165) is 16.7 Å². The quantitative estimate of drug-likeness (QED) is 0.489. The molecule has 0 aliphatic heterocycles. The lowest BCUT2D eigenvalue weighted by atomic mass is 10.0. The van der Waals surface area contributed by atoms with Crippen LogP contribution in [0.3, 0.4) is 0 Å². The van der Waals surface area contributed by atoms with E-state index in [-0.39, 0.29) is 18.4 Å². The summed E-state index contributed by atoms with van der Waals surface area (Å²) < 4.78 is 5.23. The van der Waals surface area contributed by atoms with Crippen molar-refractivity contribution < 1.29 is 14.3 Å². The number of para-hydroxylation sites is 2. The van der Waals surface area contributed by atoms with Crippen molar-refractivity contribution in [1.29, 1.82) is 0 Å². The van der Waals surface area contributed by atoms with Crippen molar-refractivity contribution in [1.82, 2.24) is 9.88 Å². The third kappa shape index (κ3) is 4.59. The first kappa shape index (κ1) is 21.1. The monoisotopic (exact) mass is 425 g/mol. The Morgan fingerprint density at radius 3 is 2.34 bits per heavy atom. The summed E-state index contributed by atoms with van der Waals surface area (Å²) in [6.07, 6.45) is 0. The predicted molar refractivity (Wildman–Crippen MR) is 126 cm³/mol. The van der Waals surface area contributed by atoms with Crippen molar-refractivity contribution >= 4 is 28.4 Å². The topological polar surface area (TPSA) is 71.5 Å². The van der Waals surface area contributed by atoms with Gasteiger partial charge in [0.2, 0.25) is 5.91 Å². The van der Waals surface area contributed by atoms with Crippen molar-refractivity contribution in [3.8, 4) is 17.0 Å². The van der Waals surface area contributed by atoms with Crippen LogP contribution in [0.4, 0.5) is 5.69 Å². The molecule has 1 aromatic heterocycles. The molecule has 4 aromatic rings. The van der Waals surface area contributed by atoms with E-state index in [0.29, 0.717) is 22.5 Å². The standard InChI is InChI=1S/C26H23N3O3/c1-29(17-25(30)27-19-8-4-3-5-9-19)26(31)22-16-24(18-12-14-20(32-2)15-13-18)28-23-11-7-6-10-21(22)23/h3-16H,17H2,1-2H3,(H,27,30). The van der Waals surface area contributed by atoms with Crippen LogP contribution < -0.4 is 10.1 Å². The maximum Gasteiger partial charge on any atom is 0.254 e. The lowest BCUT2D eigenvalue weighted by Gasteiger charge is -2.18. The van der Waals surface area contributed by atoms with Crippen LogP contribution in [0.5, 0.6) is 5.75 Å². The van der Waals surface area contributed by atoms with Crippen LogP contribution in [0.1, 0.15) is 10.4 Å². The van der Waals surface area contributed by atoms with Gasteiger partial charge in [0.05, 0.1) is 30.4 Å². The minimum atomic E-state index is -0.263. The number of fused-ring (bicyclic) bond motifs is 1. The Morgan fingerprint density at radius 1 is 0.938 bits per heavy atom. The van der Waals surface area contributed by atoms with Gasteiger partial charge in [-0.2, -0.15) is 0 Å². The number of anilines is 1. The van der Waals surface area contributed by atoms with Crippen molar-refractivity contribution in [3.05, 3.63) is 90.5 Å². The number of carbonyl (C=O) groups is 2. The van der Waals surface area contributed by atoms with Crippen LogP contribution in [0.25, 0.3) is 22.2 Å². The number of ether oxygens (including phenoxy) is 1. The summed E-state index contributed by atoms with van der Waals surface area (Å²) in [7, 11) is 3.24. The fourth-order valence-corrected chi connectivity index (χ4v) is 3.48. The molecule has 0 aliphatic carbocycles. The number of carbonyl (C=O) groups excluding carboxylic acids is 2. The summed E-state index contributed by atoms with van der Waals surface area (Å²) in [5.74, 6) is 0.234. The van der Waals surface area contributed by atoms with Gasteiger partial charge in [-0.1, -0.05) is 36.4 Å². The molecule has 6 heteroatoms. The first-order chi connectivity index (χ1) is 15.5. The zero-order valence-electron chi connectivity index (χ0n) is 17.9. The third-order valence-electron chi connectivity index (χ3n) is 5.12. The molecule has 6 nitrogen and oxygen atoms in total. The summed E-state index contributed by atoms with van der Waals surface area (Å²) in [6, 6.07) is 26.0. The molecule has 0 radical (unpaired) electrons. The van der Waals surface area contributed by atoms with Crippen LogP contribution in [-0.4, -0.2) is 42.4 Å². The molecule has 0 aliphatic rings. The average Bonchev–Trinajstić information content (AvgIpc) is 2.83. The van der Waals surface area contributed by atoms with E-state index in [1.54, 1.807) is 32.4 Å². The summed E-state index contributed by atoms with van der Waals surface area (Å²) in [6.45, 7) is -0.0672. The number of rotatable bonds is 6. The lowest BCUT2D eigenvalue weighted by molar-refractivity contribution is -0.116. The van der Waals surface area contributed by atoms with Gasteiger partial charge in [-0.3, -0.25) is 9.59 Å². The molecular weight excluding hydrogens is 402 g/mol. The molecule has 160 valence electrons. The highest BCUT2D eigenvalue weighted by molar-refractivity contribution is 6.08. The predicted octanol–water partition coefficient (Wildman–Crippen LogP) is 4.62. The highest BCUT2D eigenvalue weighted by atomic mass is 16.5. The first-order valence-corrected chi connectivity index (χ1v) is 10.2. The minimum Gasteiger partial charge on any atom is -0.497 e. The van der Waals surface area contributed by atoms with Gasteiger partial charge in [0.1, 0.15) is 5.75 Å². The second-order valence-corrected chi connectivity index (χ2v) is 7.38. The highest BCUT2D eigenvalue weighted by Gasteiger charge is 2.19. The fraction of sp³-hybridized carbons (Fsp3) is 0.115. The summed E-state index contributed by atoms with van der Waals surface area (Å²) in [5, 5.41) is 3.55. The zero-order chi connectivity index (χ0) is 22.5. The number of likely N-dealkylation sites (N-methyl/N-ethyl adjacent to an activating group) is 1. The minimum absolute atomic E-state index is 0.0672. The molecule has 1 N–H and O–H groups in total. The number of hydrogen-bond acceptors (Lipinski definition) is 4. The second kappa shape index (κ2) is 9.31. The molecule has 0 bridgehead atoms. The van der Waals surface area contributed by atoms with Gasteiger partial charge >= 0.3 is 0 Å². The van der Waals surface area contributed by atoms with Gasteiger partial charge in [-0.05, 0) is 48.5 Å². The number of nitrogens with one attached hydrogen (secondary N) is 1. The van der Waals surface area contributed by atoms with E-state index in [1.807, 2.05) is 66.7 Å². The SMILES string of the molecule is COc1ccc(-c2cc(C(=O)N(C)CC(=O)Nc3ccccc3)c3ccccc3n2)cc1. The molecule has 0 saturated carbocycles. The number of pyridine rings is 1. The Bertz CT molecular complexity index is 1250. The highest BCUT2D eigenvalue weighted by Crippen LogP contribution is 2.27. The Labute approximate surface area is 186 Å². The molecule has 0 spiro atoms. The van der Waals surface area contributed by atoms with Gasteiger partial charge in [0.25, 0.3) is 5.91 Å². The first-order valence-electron chi connectivity index (χ1n) is 10.2. The molecule has 0 fully saturated rings. The molecule has 0 atom stereocenters. The van der Waals surface area contributed by atoms with Gasteiger partial charge in [0, 0.05) is 23.7 Å². The number of nitrogens with zero attached hydrogens (tertiary/aromatic N) is 2. The summed E-state index contributed by atoms with van der Waals surface area (Å²) in [5.41, 5.74) is 3.45. The van der Waals surface area contributed by atoms with Gasteiger partial charge in [0.15, 0.2) is 0 Å². The Kier molecular flexibility index (Phi) is 6.12. The van der Waals surface area contributed by atoms with E-state index < -0.39 is 0 Å². The number of aromatic nitrogens is 1. The maximum atomic E-state index is 13.3. The molecule has 1 heterocycles. The van der Waals surface area contributed by atoms with Crippen molar-refractivity contribution in [2.45, 2.75) is 0 Å². The zero-order valence-corrected chi connectivity index (χ0v) is 17.9. The van der Waals surface area contributed by atoms with Crippen LogP contribution in [0, 0.1) is 0 Å². The van der Waals surface area contributed by atoms with E-state index in [9.17, 15) is 9.59 Å². The van der Waals surface area contributed by atoms with Gasteiger partial charge in [-0.15, -0.1) is 0 Å². The number of benzene rings is 3. The Morgan fingerprint density at radius 2 is 1.62 bits per heavy atom. The normalized spacial score (nSPS) is 10.6. The van der Waals surface area contributed by atoms with Crippen molar-refractivity contribution in [2.75, 3.05) is 26.0 Å². The summed E-state index contributed by atoms with van der Waals surface area (Å²) in [4.78, 5) is 31.9. The second-order valence-electron chi connectivity index (χ2n) is 7.38. The third-order valence-corrected chi connectivity index (χ3v) is 5.12. The van der Waals surface area contributed by atoms with E-state index in [2.05, 4.69) is 5.32 Å². The van der Waals surface area contributed by atoms with E-state index in [4.69, 9.17) is 9.72 Å². The van der Waals surface area contributed by atoms with Crippen molar-refractivity contribution in [3.63, 3.8) is 0 Å². The Balaban J connectivity index is 1.62. The molecule has 4 rings (SSSR count). The lowest BCUT2D eigenvalue weighted by Crippen LogP contribution is -2.35. The maximum absolute atomic E-state index is 13.3. The molecule has 2 amide bonds. The largest absolute Gasteiger partial charge is 0.497 e. The van der Waals surface area contributed by atoms with Crippen molar-refractivity contribution in [2.24, 2.45) is 0 Å². The van der Waals surface area contributed by atoms with Crippen LogP contribution in [-0.2, 0) is 4.79 Å². The van der Waals surface area contributed by atoms with Crippen LogP contribution >= 0.6 is 0 Å². The van der Waals surface area contributed by atoms with Gasteiger partial charge < -0.3 is 15.0 Å². The number of amides is 2.